The standard InChI is InChI=1S/C20H24N4O3/c1-13(2)11-17(24-9-5-6-10-24)19(25)21-15-7-8-18(26-4)16(12-15)20-23-22-14(3)27-20/h5-10,12-13,17H,11H2,1-4H3,(H,21,25)/t17-/m0/s1. The van der Waals surface area contributed by atoms with Crippen molar-refractivity contribution in [2.45, 2.75) is 33.2 Å². The molecular formula is C20H24N4O3. The average molecular weight is 368 g/mol. The number of ether oxygens (including phenoxy) is 1. The monoisotopic (exact) mass is 368 g/mol. The van der Waals surface area contributed by atoms with Crippen molar-refractivity contribution in [3.8, 4) is 17.2 Å². The lowest BCUT2D eigenvalue weighted by Crippen LogP contribution is -2.26. The fraction of sp³-hybridized carbons (Fsp3) is 0.350. The van der Waals surface area contributed by atoms with Crippen molar-refractivity contribution in [3.63, 3.8) is 0 Å². The second-order valence-corrected chi connectivity index (χ2v) is 6.81. The molecule has 2 aromatic heterocycles. The molecule has 0 aliphatic heterocycles. The Balaban J connectivity index is 1.86. The molecule has 7 heteroatoms. The maximum atomic E-state index is 12.9. The number of carbonyl (C=O) groups is 1. The van der Waals surface area contributed by atoms with Crippen LogP contribution in [0.15, 0.2) is 47.1 Å². The Morgan fingerprint density at radius 2 is 2.00 bits per heavy atom. The van der Waals surface area contributed by atoms with Gasteiger partial charge in [-0.05, 0) is 42.7 Å². The lowest BCUT2D eigenvalue weighted by molar-refractivity contribution is -0.119. The number of hydrogen-bond acceptors (Lipinski definition) is 5. The van der Waals surface area contributed by atoms with Gasteiger partial charge in [0.2, 0.25) is 11.8 Å². The lowest BCUT2D eigenvalue weighted by Gasteiger charge is -2.20. The van der Waals surface area contributed by atoms with Gasteiger partial charge in [0.15, 0.2) is 0 Å². The van der Waals surface area contributed by atoms with Crippen LogP contribution in [0.1, 0.15) is 32.2 Å². The van der Waals surface area contributed by atoms with Crippen LogP contribution in [-0.4, -0.2) is 27.8 Å². The predicted molar refractivity (Wildman–Crippen MR) is 103 cm³/mol. The predicted octanol–water partition coefficient (Wildman–Crippen LogP) is 4.08. The largest absolute Gasteiger partial charge is 0.496 e. The second kappa shape index (κ2) is 8.07. The number of rotatable bonds is 7. The lowest BCUT2D eigenvalue weighted by atomic mass is 10.0. The summed E-state index contributed by atoms with van der Waals surface area (Å²) in [5, 5.41) is 10.9. The first-order valence-corrected chi connectivity index (χ1v) is 8.89. The molecule has 0 fully saturated rings. The molecule has 142 valence electrons. The SMILES string of the molecule is COc1ccc(NC(=O)[C@H](CC(C)C)n2cccc2)cc1-c1nnc(C)o1. The van der Waals surface area contributed by atoms with Gasteiger partial charge in [-0.2, -0.15) is 0 Å². The van der Waals surface area contributed by atoms with E-state index in [0.29, 0.717) is 34.7 Å². The molecule has 0 aliphatic carbocycles. The van der Waals surface area contributed by atoms with Crippen molar-refractivity contribution >= 4 is 11.6 Å². The fourth-order valence-electron chi connectivity index (χ4n) is 2.95. The third-order valence-electron chi connectivity index (χ3n) is 4.21. The Labute approximate surface area is 158 Å². The van der Waals surface area contributed by atoms with Crippen LogP contribution < -0.4 is 10.1 Å². The van der Waals surface area contributed by atoms with Gasteiger partial charge in [-0.1, -0.05) is 13.8 Å². The van der Waals surface area contributed by atoms with Gasteiger partial charge in [-0.3, -0.25) is 4.79 Å². The third-order valence-corrected chi connectivity index (χ3v) is 4.21. The summed E-state index contributed by atoms with van der Waals surface area (Å²) in [4.78, 5) is 12.9. The van der Waals surface area contributed by atoms with Gasteiger partial charge in [0.1, 0.15) is 11.8 Å². The second-order valence-electron chi connectivity index (χ2n) is 6.81. The van der Waals surface area contributed by atoms with Crippen molar-refractivity contribution in [2.75, 3.05) is 12.4 Å². The zero-order valence-corrected chi connectivity index (χ0v) is 16.0. The Morgan fingerprint density at radius 3 is 2.59 bits per heavy atom. The molecule has 0 radical (unpaired) electrons. The fourth-order valence-corrected chi connectivity index (χ4v) is 2.95. The molecule has 1 atom stereocenters. The molecule has 3 aromatic rings. The number of benzene rings is 1. The van der Waals surface area contributed by atoms with Gasteiger partial charge in [0.25, 0.3) is 5.89 Å². The maximum absolute atomic E-state index is 12.9. The minimum atomic E-state index is -0.281. The highest BCUT2D eigenvalue weighted by Crippen LogP contribution is 2.32. The van der Waals surface area contributed by atoms with Crippen LogP contribution >= 0.6 is 0 Å². The molecule has 0 unspecified atom stereocenters. The maximum Gasteiger partial charge on any atom is 0.251 e. The molecule has 1 aromatic carbocycles. The summed E-state index contributed by atoms with van der Waals surface area (Å²) in [6, 6.07) is 8.92. The molecule has 0 spiro atoms. The highest BCUT2D eigenvalue weighted by atomic mass is 16.5. The number of amides is 1. The molecule has 1 amide bonds. The van der Waals surface area contributed by atoms with E-state index in [1.165, 1.54) is 0 Å². The summed E-state index contributed by atoms with van der Waals surface area (Å²) in [5.74, 6) is 1.73. The first kappa shape index (κ1) is 18.7. The molecule has 0 bridgehead atoms. The minimum absolute atomic E-state index is 0.0715. The summed E-state index contributed by atoms with van der Waals surface area (Å²) in [6.45, 7) is 5.93. The number of nitrogens with one attached hydrogen (secondary N) is 1. The van der Waals surface area contributed by atoms with Crippen LogP contribution in [0.4, 0.5) is 5.69 Å². The van der Waals surface area contributed by atoms with Crippen LogP contribution in [-0.2, 0) is 4.79 Å². The number of anilines is 1. The van der Waals surface area contributed by atoms with E-state index in [1.807, 2.05) is 29.1 Å². The van der Waals surface area contributed by atoms with Gasteiger partial charge in [0.05, 0.1) is 12.7 Å². The van der Waals surface area contributed by atoms with E-state index in [-0.39, 0.29) is 11.9 Å². The summed E-state index contributed by atoms with van der Waals surface area (Å²) < 4.78 is 12.8. The van der Waals surface area contributed by atoms with Crippen LogP contribution in [0.3, 0.4) is 0 Å². The number of aromatic nitrogens is 3. The highest BCUT2D eigenvalue weighted by Gasteiger charge is 2.22. The van der Waals surface area contributed by atoms with Gasteiger partial charge < -0.3 is 19.0 Å². The van der Waals surface area contributed by atoms with E-state index in [4.69, 9.17) is 9.15 Å². The molecule has 2 heterocycles. The number of aryl methyl sites for hydroxylation is 1. The number of nitrogens with zero attached hydrogens (tertiary/aromatic N) is 3. The number of methoxy groups -OCH3 is 1. The molecule has 0 saturated heterocycles. The molecule has 7 nitrogen and oxygen atoms in total. The Hall–Kier alpha value is -3.09. The molecular weight excluding hydrogens is 344 g/mol. The van der Waals surface area contributed by atoms with Gasteiger partial charge in [0, 0.05) is 25.0 Å². The van der Waals surface area contributed by atoms with E-state index in [0.717, 1.165) is 6.42 Å². The molecule has 1 N–H and O–H groups in total. The van der Waals surface area contributed by atoms with E-state index in [9.17, 15) is 4.79 Å². The quantitative estimate of drug-likeness (QED) is 0.679. The Bertz CT molecular complexity index is 900. The van der Waals surface area contributed by atoms with Gasteiger partial charge in [-0.15, -0.1) is 10.2 Å². The Morgan fingerprint density at radius 1 is 1.26 bits per heavy atom. The molecule has 0 saturated carbocycles. The minimum Gasteiger partial charge on any atom is -0.496 e. The van der Waals surface area contributed by atoms with Crippen LogP contribution in [0, 0.1) is 12.8 Å². The smallest absolute Gasteiger partial charge is 0.251 e. The zero-order valence-electron chi connectivity index (χ0n) is 16.0. The van der Waals surface area contributed by atoms with Crippen LogP contribution in [0.25, 0.3) is 11.5 Å². The van der Waals surface area contributed by atoms with Gasteiger partial charge >= 0.3 is 0 Å². The third kappa shape index (κ3) is 4.36. The van der Waals surface area contributed by atoms with Crippen molar-refractivity contribution < 1.29 is 13.9 Å². The van der Waals surface area contributed by atoms with Crippen molar-refractivity contribution in [3.05, 3.63) is 48.6 Å². The van der Waals surface area contributed by atoms with E-state index in [1.54, 1.807) is 32.2 Å². The summed E-state index contributed by atoms with van der Waals surface area (Å²) >= 11 is 0. The molecule has 0 aliphatic rings. The topological polar surface area (TPSA) is 82.2 Å². The van der Waals surface area contributed by atoms with Crippen molar-refractivity contribution in [1.29, 1.82) is 0 Å². The van der Waals surface area contributed by atoms with Gasteiger partial charge in [-0.25, -0.2) is 0 Å². The Kier molecular flexibility index (Phi) is 5.59. The van der Waals surface area contributed by atoms with E-state index in [2.05, 4.69) is 29.4 Å². The van der Waals surface area contributed by atoms with E-state index < -0.39 is 0 Å². The van der Waals surface area contributed by atoms with E-state index >= 15 is 0 Å². The summed E-state index contributed by atoms with van der Waals surface area (Å²) in [6.07, 6.45) is 4.56. The summed E-state index contributed by atoms with van der Waals surface area (Å²) in [7, 11) is 1.57. The molecule has 3 rings (SSSR count). The number of hydrogen-bond donors (Lipinski definition) is 1. The number of carbonyl (C=O) groups excluding carboxylic acids is 1. The summed E-state index contributed by atoms with van der Waals surface area (Å²) in [5.41, 5.74) is 1.28. The van der Waals surface area contributed by atoms with Crippen LogP contribution in [0.5, 0.6) is 5.75 Å². The average Bonchev–Trinajstić information content (AvgIpc) is 3.31. The van der Waals surface area contributed by atoms with Crippen LogP contribution in [0.2, 0.25) is 0 Å². The first-order chi connectivity index (χ1) is 13.0. The normalized spacial score (nSPS) is 12.2. The van der Waals surface area contributed by atoms with Crippen molar-refractivity contribution in [1.82, 2.24) is 14.8 Å². The first-order valence-electron chi connectivity index (χ1n) is 8.89. The highest BCUT2D eigenvalue weighted by molar-refractivity contribution is 5.94. The zero-order chi connectivity index (χ0) is 19.4. The molecule has 27 heavy (non-hydrogen) atoms. The van der Waals surface area contributed by atoms with Crippen molar-refractivity contribution in [2.24, 2.45) is 5.92 Å².